The van der Waals surface area contributed by atoms with Crippen LogP contribution in [0.4, 0.5) is 23.3 Å². The fourth-order valence-electron chi connectivity index (χ4n) is 14.1. The summed E-state index contributed by atoms with van der Waals surface area (Å²) in [7, 11) is 4.32. The zero-order chi connectivity index (χ0) is 89.2. The molecule has 0 unspecified atom stereocenters. The third-order valence-electron chi connectivity index (χ3n) is 21.6. The van der Waals surface area contributed by atoms with Crippen LogP contribution in [-0.2, 0) is 45.2 Å². The van der Waals surface area contributed by atoms with Crippen LogP contribution in [0.25, 0.3) is 0 Å². The van der Waals surface area contributed by atoms with Crippen molar-refractivity contribution in [3.63, 3.8) is 0 Å². The van der Waals surface area contributed by atoms with Crippen LogP contribution >= 0.6 is 0 Å². The number of nitriles is 1. The number of piperidine rings is 1. The molecule has 0 bridgehead atoms. The molecule has 0 radical (unpaired) electrons. The highest BCUT2D eigenvalue weighted by Crippen LogP contribution is 2.27. The van der Waals surface area contributed by atoms with Crippen molar-refractivity contribution in [1.29, 1.82) is 5.26 Å². The van der Waals surface area contributed by atoms with Crippen molar-refractivity contribution < 1.29 is 23.9 Å². The van der Waals surface area contributed by atoms with E-state index < -0.39 is 0 Å². The van der Waals surface area contributed by atoms with E-state index in [9.17, 15) is 19.2 Å². The first kappa shape index (κ1) is 96.5. The lowest BCUT2D eigenvalue weighted by molar-refractivity contribution is 0.0945. The number of benzene rings is 4. The normalized spacial score (nSPS) is 14.2. The number of nitrogens with zero attached hydrogens (tertiary/aromatic N) is 14. The lowest BCUT2D eigenvalue weighted by atomic mass is 9.95. The van der Waals surface area contributed by atoms with Crippen LogP contribution in [0, 0.1) is 62.2 Å². The molecule has 3 fully saturated rings. The molecule has 664 valence electrons. The number of aromatic nitrogens is 10. The third kappa shape index (κ3) is 34.4. The van der Waals surface area contributed by atoms with Crippen LogP contribution in [0.3, 0.4) is 0 Å². The Hall–Kier alpha value is -11.3. The lowest BCUT2D eigenvalue weighted by Gasteiger charge is -2.32. The van der Waals surface area contributed by atoms with Crippen LogP contribution < -0.4 is 47.3 Å². The molecule has 8 N–H and O–H groups in total. The maximum absolute atomic E-state index is 12.8. The monoisotopic (exact) mass is 1690 g/mol. The second-order valence-corrected chi connectivity index (χ2v) is 36.7. The summed E-state index contributed by atoms with van der Waals surface area (Å²) in [5.74, 6) is 4.47. The largest absolute Gasteiger partial charge is 0.490 e. The molecule has 4 aromatic carbocycles. The Balaban J connectivity index is 0.000000188. The Kier molecular flexibility index (Phi) is 37.4. The van der Waals surface area contributed by atoms with Gasteiger partial charge in [-0.25, -0.2) is 44.9 Å². The molecule has 3 aliphatic rings. The number of aryl methyl sites for hydroxylation is 7. The first-order valence-corrected chi connectivity index (χ1v) is 44.2. The van der Waals surface area contributed by atoms with Crippen molar-refractivity contribution >= 4 is 46.9 Å². The predicted molar refractivity (Wildman–Crippen MR) is 495 cm³/mol. The number of hydrogen-bond donors (Lipinski definition) is 8. The Labute approximate surface area is 736 Å². The van der Waals surface area contributed by atoms with Gasteiger partial charge in [0, 0.05) is 141 Å². The summed E-state index contributed by atoms with van der Waals surface area (Å²) in [4.78, 5) is 96.4. The Morgan fingerprint density at radius 3 is 1.36 bits per heavy atom. The Bertz CT molecular complexity index is 4860. The molecule has 2 aliphatic heterocycles. The van der Waals surface area contributed by atoms with Gasteiger partial charge in [-0.05, 0) is 180 Å². The SMILES string of the molecule is CC(C)(C)CNc1nc(C#N)ncc1C(=O)NCCc1ccc(CN2CCN([11CH3])CC2)cc1.Cc1ccc(CCNC(=O)c2cnc(C)nc2NC2CCCCC2)cc1.Cc1ncc(C(=O)NCCc2ccc(C)c(CCCn3ccnc3)c2)c(NCC(C)(C)C)n1.Cc1ncc(C(=O)NCCc2ccc(OC3CCN([11CH3])CC3)cc2)c(NCC(C)(C)C)n1. The Morgan fingerprint density at radius 2 is 0.895 bits per heavy atom. The van der Waals surface area contributed by atoms with Crippen molar-refractivity contribution in [1.82, 2.24) is 85.4 Å². The minimum Gasteiger partial charge on any atom is -0.490 e. The summed E-state index contributed by atoms with van der Waals surface area (Å²) in [6, 6.07) is 34.1. The van der Waals surface area contributed by atoms with Gasteiger partial charge in [-0.3, -0.25) is 24.1 Å². The van der Waals surface area contributed by atoms with Crippen molar-refractivity contribution in [3.8, 4) is 11.8 Å². The molecular weight excluding hydrogens is 1550 g/mol. The number of piperazine rings is 1. The van der Waals surface area contributed by atoms with Gasteiger partial charge in [0.05, 0.1) is 6.33 Å². The standard InChI is InChI=1S/C26H36N6O.C25H35N7O.C25H37N5O2.C21H28N4O/c1-19-8-9-21(15-22(19)7-6-13-32-14-12-27-18-32)10-11-28-25(33)23-16-29-20(2)31-24(23)30-17-26(3,4)5;1-25(2,3)18-29-23-21(16-28-22(15-26)30-23)24(33)27-10-9-19-5-7-20(8-6-19)17-32-13-11-31(4)12-14-32;1-18-27-16-22(23(29-18)28-17-25(2,3)4)24(31)26-13-10-19-6-8-20(9-7-19)32-21-11-14-30(5)15-12-21;1-15-8-10-17(11-9-15)12-13-22-21(26)19-14-23-16(2)24-20(19)25-18-6-4-3-5-7-18/h8-9,12,14-16,18H,6-7,10-11,13,17H2,1-5H3,(H,28,33)(H,29,30,31);5-8,16H,9-14,17-18H2,1-4H3,(H,27,33)(H,28,29,30);6-9,16,21H,10-15,17H2,1-5H3,(H,26,31)(H,27,28,29);8-11,14,18H,3-7,12-13H2,1-2H3,(H,22,26)(H,23,24,25)/i;4-1;5-1;. The quantitative estimate of drug-likeness (QED) is 0.0194. The average molecular weight is 1690 g/mol. The first-order valence-electron chi connectivity index (χ1n) is 44.2. The van der Waals surface area contributed by atoms with Gasteiger partial charge in [0.2, 0.25) is 5.82 Å². The van der Waals surface area contributed by atoms with Gasteiger partial charge in [-0.2, -0.15) is 5.26 Å². The van der Waals surface area contributed by atoms with E-state index in [0.29, 0.717) is 108 Å². The molecule has 27 nitrogen and oxygen atoms in total. The number of likely N-dealkylation sites (N-methyl/N-ethyl adjacent to an activating group) is 1. The number of hydrogen-bond acceptors (Lipinski definition) is 22. The molecule has 7 heterocycles. The topological polar surface area (TPSA) is 328 Å². The van der Waals surface area contributed by atoms with Crippen LogP contribution in [0.5, 0.6) is 5.75 Å². The van der Waals surface area contributed by atoms with E-state index in [2.05, 4.69) is 276 Å². The van der Waals surface area contributed by atoms with Crippen molar-refractivity contribution in [2.45, 2.75) is 206 Å². The number of anilines is 4. The summed E-state index contributed by atoms with van der Waals surface area (Å²) in [6.45, 7) is 41.7. The summed E-state index contributed by atoms with van der Waals surface area (Å²) in [6.07, 6.45) is 25.6. The zero-order valence-electron chi connectivity index (χ0n) is 76.5. The van der Waals surface area contributed by atoms with E-state index in [4.69, 9.17) is 10.00 Å². The van der Waals surface area contributed by atoms with Gasteiger partial charge in [0.1, 0.15) is 80.9 Å². The molecule has 5 aromatic heterocycles. The van der Waals surface area contributed by atoms with Gasteiger partial charge >= 0.3 is 0 Å². The molecular formula is C97H136N22O5. The van der Waals surface area contributed by atoms with E-state index in [0.717, 1.165) is 141 Å². The van der Waals surface area contributed by atoms with E-state index in [1.807, 2.05) is 57.7 Å². The van der Waals surface area contributed by atoms with Gasteiger partial charge < -0.3 is 61.6 Å². The number of imidazole rings is 1. The Morgan fingerprint density at radius 1 is 0.476 bits per heavy atom. The maximum Gasteiger partial charge on any atom is 0.256 e. The van der Waals surface area contributed by atoms with Crippen LogP contribution in [-0.4, -0.2) is 199 Å². The van der Waals surface area contributed by atoms with Crippen molar-refractivity contribution in [3.05, 3.63) is 225 Å². The average Bonchev–Trinajstić information content (AvgIpc) is 0.977. The minimum absolute atomic E-state index is 0.00200. The maximum atomic E-state index is 12.8. The number of amides is 4. The van der Waals surface area contributed by atoms with Gasteiger partial charge in [0.15, 0.2) is 0 Å². The van der Waals surface area contributed by atoms with E-state index in [1.165, 1.54) is 64.4 Å². The molecule has 0 atom stereocenters. The van der Waals surface area contributed by atoms with Gasteiger partial charge in [-0.1, -0.05) is 166 Å². The zero-order valence-corrected chi connectivity index (χ0v) is 76.5. The summed E-state index contributed by atoms with van der Waals surface area (Å²) < 4.78 is 8.22. The van der Waals surface area contributed by atoms with Crippen LogP contribution in [0.1, 0.15) is 223 Å². The number of carbonyl (C=O) groups is 4. The molecule has 1 aliphatic carbocycles. The minimum atomic E-state index is -0.248. The summed E-state index contributed by atoms with van der Waals surface area (Å²) in [5, 5.41) is 34.3. The third-order valence-corrected chi connectivity index (χ3v) is 21.6. The number of rotatable bonds is 32. The number of likely N-dealkylation sites (tertiary alicyclic amines) is 1. The lowest BCUT2D eigenvalue weighted by Crippen LogP contribution is -2.43. The first-order chi connectivity index (χ1) is 59.2. The van der Waals surface area contributed by atoms with E-state index in [1.54, 1.807) is 18.6 Å². The molecule has 2 saturated heterocycles. The second kappa shape index (κ2) is 48.1. The fourth-order valence-corrected chi connectivity index (χ4v) is 14.1. The second-order valence-electron chi connectivity index (χ2n) is 36.7. The number of nitrogens with one attached hydrogen (secondary N) is 8. The smallest absolute Gasteiger partial charge is 0.256 e. The number of carbonyl (C=O) groups excluding carboxylic acids is 4. The fraction of sp³-hybridized carbons (Fsp3) is 0.505. The molecule has 9 aromatic rings. The van der Waals surface area contributed by atoms with Crippen LogP contribution in [0.15, 0.2) is 135 Å². The predicted octanol–water partition coefficient (Wildman–Crippen LogP) is 14.4. The van der Waals surface area contributed by atoms with Crippen LogP contribution in [0.2, 0.25) is 0 Å². The number of ether oxygens (including phenoxy) is 1. The molecule has 12 rings (SSSR count). The van der Waals surface area contributed by atoms with E-state index in [-0.39, 0.29) is 45.7 Å². The molecule has 124 heavy (non-hydrogen) atoms. The highest BCUT2D eigenvalue weighted by Gasteiger charge is 2.25. The molecule has 4 amide bonds. The van der Waals surface area contributed by atoms with Gasteiger partial charge in [0.25, 0.3) is 23.6 Å². The van der Waals surface area contributed by atoms with Crippen molar-refractivity contribution in [2.75, 3.05) is 120 Å². The van der Waals surface area contributed by atoms with Crippen molar-refractivity contribution in [2.24, 2.45) is 16.2 Å². The summed E-state index contributed by atoms with van der Waals surface area (Å²) in [5.41, 5.74) is 12.0. The highest BCUT2D eigenvalue weighted by atomic mass is 16.5. The van der Waals surface area contributed by atoms with E-state index >= 15 is 0 Å². The molecule has 1 saturated carbocycles. The molecule has 0 spiro atoms. The highest BCUT2D eigenvalue weighted by molar-refractivity contribution is 6.00. The summed E-state index contributed by atoms with van der Waals surface area (Å²) >= 11 is 0. The molecule has 27 heteroatoms. The van der Waals surface area contributed by atoms with Gasteiger partial charge in [-0.15, -0.1) is 0 Å².